The highest BCUT2D eigenvalue weighted by Gasteiger charge is 2.44. The van der Waals surface area contributed by atoms with Crippen LogP contribution in [0.3, 0.4) is 0 Å². The minimum atomic E-state index is -1.02. The molecule has 0 bridgehead atoms. The first kappa shape index (κ1) is 23.4. The van der Waals surface area contributed by atoms with Gasteiger partial charge in [-0.15, -0.1) is 0 Å². The topological polar surface area (TPSA) is 79.5 Å². The molecular formula is C30H25ClFN3O3. The minimum absolute atomic E-state index is 0.0517. The smallest absolute Gasteiger partial charge is 0.354 e. The summed E-state index contributed by atoms with van der Waals surface area (Å²) in [6.07, 6.45) is 9.08. The van der Waals surface area contributed by atoms with E-state index in [1.165, 1.54) is 11.6 Å². The standard InChI is InChI=1S/C30H25ClFN3O3/c31-22-2-1-3-23(32)26(22)27-25(28(38-34-27)17-4-5-17)20-14-30(15-20)8-10-35(11-9-30)21-7-6-18-13-24(29(36)37)33-16-19(18)12-21/h1-3,6-7,12-14,16-17H,4-5,8-11,15H2,(H,36,37). The second-order valence-electron chi connectivity index (χ2n) is 10.7. The average Bonchev–Trinajstić information content (AvgIpc) is 3.66. The van der Waals surface area contributed by atoms with Gasteiger partial charge >= 0.3 is 5.97 Å². The lowest BCUT2D eigenvalue weighted by molar-refractivity contribution is 0.0690. The van der Waals surface area contributed by atoms with Crippen molar-refractivity contribution in [3.63, 3.8) is 0 Å². The molecule has 3 aliphatic rings. The zero-order valence-corrected chi connectivity index (χ0v) is 21.3. The molecule has 4 aromatic rings. The molecule has 1 saturated heterocycles. The number of nitrogens with zero attached hydrogens (tertiary/aromatic N) is 3. The number of hydrogen-bond donors (Lipinski definition) is 1. The Morgan fingerprint density at radius 3 is 2.61 bits per heavy atom. The number of rotatable bonds is 5. The predicted octanol–water partition coefficient (Wildman–Crippen LogP) is 7.33. The maximum atomic E-state index is 14.8. The molecule has 0 radical (unpaired) electrons. The van der Waals surface area contributed by atoms with Crippen LogP contribution in [0.2, 0.25) is 5.02 Å². The van der Waals surface area contributed by atoms with E-state index in [-0.39, 0.29) is 16.9 Å². The molecule has 0 amide bonds. The Morgan fingerprint density at radius 1 is 1.11 bits per heavy atom. The summed E-state index contributed by atoms with van der Waals surface area (Å²) in [5, 5.41) is 15.6. The zero-order valence-electron chi connectivity index (χ0n) is 20.6. The highest BCUT2D eigenvalue weighted by molar-refractivity contribution is 6.33. The molecule has 2 fully saturated rings. The molecule has 2 aliphatic carbocycles. The lowest BCUT2D eigenvalue weighted by atomic mass is 9.63. The monoisotopic (exact) mass is 529 g/mol. The van der Waals surface area contributed by atoms with Gasteiger partial charge in [0.15, 0.2) is 0 Å². The van der Waals surface area contributed by atoms with Crippen LogP contribution in [0.15, 0.2) is 59.3 Å². The summed E-state index contributed by atoms with van der Waals surface area (Å²) < 4.78 is 20.6. The molecule has 1 spiro atoms. The van der Waals surface area contributed by atoms with Crippen molar-refractivity contribution < 1.29 is 18.8 Å². The SMILES string of the molecule is O=C(O)c1cc2ccc(N3CCC4(C=C(c5c(-c6c(F)cccc6Cl)noc5C5CC5)C4)CC3)cc2cn1. The normalized spacial score (nSPS) is 18.5. The first-order valence-electron chi connectivity index (χ1n) is 12.9. The van der Waals surface area contributed by atoms with E-state index in [2.05, 4.69) is 33.2 Å². The van der Waals surface area contributed by atoms with Gasteiger partial charge in [-0.3, -0.25) is 0 Å². The molecule has 192 valence electrons. The Labute approximate surface area is 223 Å². The molecule has 2 aromatic heterocycles. The number of fused-ring (bicyclic) bond motifs is 1. The van der Waals surface area contributed by atoms with Crippen LogP contribution in [0.5, 0.6) is 0 Å². The van der Waals surface area contributed by atoms with Crippen LogP contribution in [0.25, 0.3) is 27.6 Å². The van der Waals surface area contributed by atoms with Crippen molar-refractivity contribution in [1.29, 1.82) is 0 Å². The van der Waals surface area contributed by atoms with Crippen LogP contribution >= 0.6 is 11.6 Å². The Balaban J connectivity index is 1.13. The van der Waals surface area contributed by atoms with E-state index >= 15 is 0 Å². The van der Waals surface area contributed by atoms with Crippen molar-refractivity contribution in [2.75, 3.05) is 18.0 Å². The number of benzene rings is 2. The van der Waals surface area contributed by atoms with Gasteiger partial charge in [-0.1, -0.05) is 35.0 Å². The van der Waals surface area contributed by atoms with Gasteiger partial charge in [0, 0.05) is 41.8 Å². The Kier molecular flexibility index (Phi) is 5.34. The van der Waals surface area contributed by atoms with Crippen molar-refractivity contribution >= 4 is 39.6 Å². The number of halogens is 2. The quantitative estimate of drug-likeness (QED) is 0.291. The van der Waals surface area contributed by atoms with E-state index in [1.807, 2.05) is 6.07 Å². The van der Waals surface area contributed by atoms with E-state index in [4.69, 9.17) is 16.1 Å². The predicted molar refractivity (Wildman–Crippen MR) is 144 cm³/mol. The van der Waals surface area contributed by atoms with Crippen LogP contribution in [0.1, 0.15) is 59.8 Å². The maximum absolute atomic E-state index is 14.8. The molecule has 1 saturated carbocycles. The molecule has 2 aromatic carbocycles. The summed E-state index contributed by atoms with van der Waals surface area (Å²) in [6.45, 7) is 1.84. The Hall–Kier alpha value is -3.71. The number of piperidine rings is 1. The van der Waals surface area contributed by atoms with Crippen LogP contribution in [0.4, 0.5) is 10.1 Å². The van der Waals surface area contributed by atoms with Crippen molar-refractivity contribution in [2.45, 2.75) is 38.0 Å². The first-order chi connectivity index (χ1) is 18.4. The van der Waals surface area contributed by atoms with Crippen LogP contribution in [-0.2, 0) is 0 Å². The first-order valence-corrected chi connectivity index (χ1v) is 13.3. The number of pyridine rings is 1. The van der Waals surface area contributed by atoms with Crippen LogP contribution in [-0.4, -0.2) is 34.3 Å². The summed E-state index contributed by atoms with van der Waals surface area (Å²) in [7, 11) is 0. The lowest BCUT2D eigenvalue weighted by Gasteiger charge is -2.47. The van der Waals surface area contributed by atoms with E-state index in [0.29, 0.717) is 22.2 Å². The molecule has 1 N–H and O–H groups in total. The summed E-state index contributed by atoms with van der Waals surface area (Å²) in [5.74, 6) is -0.189. The molecule has 8 heteroatoms. The van der Waals surface area contributed by atoms with Gasteiger partial charge in [0.05, 0.1) is 10.6 Å². The van der Waals surface area contributed by atoms with Gasteiger partial charge in [0.1, 0.15) is 23.0 Å². The third-order valence-electron chi connectivity index (χ3n) is 8.26. The van der Waals surface area contributed by atoms with Crippen molar-refractivity contribution in [3.8, 4) is 11.3 Å². The molecule has 0 unspecified atom stereocenters. The average molecular weight is 530 g/mol. The number of carbonyl (C=O) groups is 1. The fraction of sp³-hybridized carbons (Fsp3) is 0.300. The second-order valence-corrected chi connectivity index (χ2v) is 11.2. The number of anilines is 1. The number of carboxylic acid groups (broad SMARTS) is 1. The molecule has 38 heavy (non-hydrogen) atoms. The van der Waals surface area contributed by atoms with E-state index in [9.17, 15) is 14.3 Å². The second kappa shape index (κ2) is 8.67. The number of carboxylic acids is 1. The van der Waals surface area contributed by atoms with Gasteiger partial charge in [0.2, 0.25) is 0 Å². The Morgan fingerprint density at radius 2 is 1.89 bits per heavy atom. The van der Waals surface area contributed by atoms with Gasteiger partial charge < -0.3 is 14.5 Å². The number of allylic oxidation sites excluding steroid dienone is 2. The van der Waals surface area contributed by atoms with Crippen molar-refractivity contribution in [2.24, 2.45) is 5.41 Å². The molecule has 6 nitrogen and oxygen atoms in total. The number of aromatic carboxylic acids is 1. The highest BCUT2D eigenvalue weighted by Crippen LogP contribution is 2.56. The number of aromatic nitrogens is 2. The van der Waals surface area contributed by atoms with Crippen LogP contribution < -0.4 is 4.90 Å². The molecule has 0 atom stereocenters. The summed E-state index contributed by atoms with van der Waals surface area (Å²) in [5.41, 5.74) is 4.25. The summed E-state index contributed by atoms with van der Waals surface area (Å²) in [4.78, 5) is 17.7. The van der Waals surface area contributed by atoms with Gasteiger partial charge in [0.25, 0.3) is 0 Å². The largest absolute Gasteiger partial charge is 0.477 e. The summed E-state index contributed by atoms with van der Waals surface area (Å²) in [6, 6.07) is 12.4. The van der Waals surface area contributed by atoms with Crippen LogP contribution in [0, 0.1) is 11.2 Å². The lowest BCUT2D eigenvalue weighted by Crippen LogP contribution is -2.42. The third-order valence-corrected chi connectivity index (χ3v) is 8.57. The Bertz CT molecular complexity index is 1610. The fourth-order valence-electron chi connectivity index (χ4n) is 5.99. The molecule has 7 rings (SSSR count). The van der Waals surface area contributed by atoms with Crippen molar-refractivity contribution in [1.82, 2.24) is 10.1 Å². The molecular weight excluding hydrogens is 505 g/mol. The van der Waals surface area contributed by atoms with Gasteiger partial charge in [-0.05, 0) is 78.8 Å². The van der Waals surface area contributed by atoms with Crippen molar-refractivity contribution in [3.05, 3.63) is 82.6 Å². The van der Waals surface area contributed by atoms with Gasteiger partial charge in [-0.25, -0.2) is 14.2 Å². The molecule has 1 aliphatic heterocycles. The van der Waals surface area contributed by atoms with Gasteiger partial charge in [-0.2, -0.15) is 0 Å². The van der Waals surface area contributed by atoms with E-state index in [0.717, 1.165) is 73.0 Å². The van der Waals surface area contributed by atoms with E-state index < -0.39 is 5.97 Å². The third kappa shape index (κ3) is 3.88. The fourth-order valence-corrected chi connectivity index (χ4v) is 6.24. The summed E-state index contributed by atoms with van der Waals surface area (Å²) >= 11 is 6.40. The maximum Gasteiger partial charge on any atom is 0.354 e. The number of hydrogen-bond acceptors (Lipinski definition) is 5. The highest BCUT2D eigenvalue weighted by atomic mass is 35.5. The minimum Gasteiger partial charge on any atom is -0.477 e. The zero-order chi connectivity index (χ0) is 26.0. The van der Waals surface area contributed by atoms with E-state index in [1.54, 1.807) is 24.4 Å². The molecule has 3 heterocycles.